The first-order chi connectivity index (χ1) is 19.8. The van der Waals surface area contributed by atoms with Crippen LogP contribution in [0.3, 0.4) is 0 Å². The highest BCUT2D eigenvalue weighted by Gasteiger charge is 2.42. The van der Waals surface area contributed by atoms with Gasteiger partial charge in [0, 0.05) is 40.4 Å². The van der Waals surface area contributed by atoms with E-state index in [1.165, 1.54) is 29.2 Å². The average Bonchev–Trinajstić information content (AvgIpc) is 3.12. The first-order valence-electron chi connectivity index (χ1n) is 13.0. The summed E-state index contributed by atoms with van der Waals surface area (Å²) in [4.78, 5) is 41.1. The van der Waals surface area contributed by atoms with E-state index in [1.807, 2.05) is 12.1 Å². The van der Waals surface area contributed by atoms with Crippen LogP contribution in [0.25, 0.3) is 0 Å². The molecule has 41 heavy (non-hydrogen) atoms. The smallest absolute Gasteiger partial charge is 0.269 e. The molecule has 2 aliphatic rings. The van der Waals surface area contributed by atoms with E-state index in [2.05, 4.69) is 5.32 Å². The molecule has 204 valence electrons. The number of nitrogens with zero attached hydrogens (tertiary/aromatic N) is 2. The number of rotatable bonds is 4. The van der Waals surface area contributed by atoms with Crippen molar-refractivity contribution in [1.82, 2.24) is 0 Å². The maximum absolute atomic E-state index is 14.3. The van der Waals surface area contributed by atoms with Gasteiger partial charge >= 0.3 is 0 Å². The number of hydrogen-bond acceptors (Lipinski definition) is 5. The maximum Gasteiger partial charge on any atom is 0.269 e. The highest BCUT2D eigenvalue weighted by molar-refractivity contribution is 6.30. The molecule has 4 aromatic rings. The summed E-state index contributed by atoms with van der Waals surface area (Å²) in [6.45, 7) is 0. The van der Waals surface area contributed by atoms with Gasteiger partial charge in [0.15, 0.2) is 5.78 Å². The number of Topliss-reactive ketones (excluding diaryl/α,β-unsaturated/α-hetero) is 1. The molecular weight excluding hydrogens is 545 g/mol. The number of hydrogen-bond donors (Lipinski definition) is 1. The topological polar surface area (TPSA) is 92.5 Å². The van der Waals surface area contributed by atoms with E-state index in [4.69, 9.17) is 11.6 Å². The molecule has 0 saturated heterocycles. The minimum absolute atomic E-state index is 0.136. The minimum atomic E-state index is -0.953. The van der Waals surface area contributed by atoms with E-state index < -0.39 is 16.9 Å². The maximum atomic E-state index is 14.3. The van der Waals surface area contributed by atoms with Crippen LogP contribution >= 0.6 is 11.6 Å². The number of halogens is 2. The Balaban J connectivity index is 1.57. The Bertz CT molecular complexity index is 1720. The summed E-state index contributed by atoms with van der Waals surface area (Å²) in [7, 11) is 0. The number of para-hydroxylation sites is 2. The monoisotopic (exact) mass is 567 g/mol. The van der Waals surface area contributed by atoms with E-state index in [0.29, 0.717) is 45.2 Å². The van der Waals surface area contributed by atoms with Gasteiger partial charge in [-0.3, -0.25) is 24.6 Å². The van der Waals surface area contributed by atoms with Gasteiger partial charge in [-0.25, -0.2) is 4.39 Å². The van der Waals surface area contributed by atoms with Gasteiger partial charge < -0.3 is 5.32 Å². The van der Waals surface area contributed by atoms with E-state index >= 15 is 0 Å². The Hall–Kier alpha value is -4.82. The molecule has 1 amide bonds. The van der Waals surface area contributed by atoms with Crippen molar-refractivity contribution < 1.29 is 18.9 Å². The Morgan fingerprint density at radius 3 is 2.39 bits per heavy atom. The largest absolute Gasteiger partial charge is 0.357 e. The van der Waals surface area contributed by atoms with Crippen LogP contribution in [0.2, 0.25) is 5.02 Å². The van der Waals surface area contributed by atoms with Crippen molar-refractivity contribution in [3.05, 3.63) is 146 Å². The van der Waals surface area contributed by atoms with Gasteiger partial charge in [-0.2, -0.15) is 0 Å². The molecule has 0 bridgehead atoms. The zero-order valence-electron chi connectivity index (χ0n) is 21.6. The van der Waals surface area contributed by atoms with Crippen LogP contribution in [0.15, 0.2) is 108 Å². The number of nitro benzene ring substituents is 1. The van der Waals surface area contributed by atoms with Gasteiger partial charge in [-0.15, -0.1) is 0 Å². The summed E-state index contributed by atoms with van der Waals surface area (Å²) in [6, 6.07) is 24.8. The lowest BCUT2D eigenvalue weighted by Crippen LogP contribution is -2.38. The Kier molecular flexibility index (Phi) is 6.85. The van der Waals surface area contributed by atoms with Crippen molar-refractivity contribution in [3.63, 3.8) is 0 Å². The van der Waals surface area contributed by atoms with E-state index in [0.717, 1.165) is 5.56 Å². The molecule has 7 nitrogen and oxygen atoms in total. The Morgan fingerprint density at radius 2 is 1.66 bits per heavy atom. The molecular formula is C32H23ClFN3O4. The molecule has 2 atom stereocenters. The third-order valence-corrected chi connectivity index (χ3v) is 7.79. The molecule has 1 heterocycles. The first kappa shape index (κ1) is 26.4. The highest BCUT2D eigenvalue weighted by Crippen LogP contribution is 2.48. The van der Waals surface area contributed by atoms with Gasteiger partial charge in [-0.1, -0.05) is 48.0 Å². The van der Waals surface area contributed by atoms with Crippen molar-refractivity contribution in [1.29, 1.82) is 0 Å². The second-order valence-corrected chi connectivity index (χ2v) is 10.5. The van der Waals surface area contributed by atoms with E-state index in [1.54, 1.807) is 60.7 Å². The number of carbonyl (C=O) groups is 2. The second-order valence-electron chi connectivity index (χ2n) is 10.1. The van der Waals surface area contributed by atoms with Gasteiger partial charge in [-0.05, 0) is 72.0 Å². The third kappa shape index (κ3) is 4.98. The number of ketones is 1. The molecule has 4 aromatic carbocycles. The normalized spacial score (nSPS) is 18.2. The fourth-order valence-corrected chi connectivity index (χ4v) is 5.77. The third-order valence-electron chi connectivity index (χ3n) is 7.54. The van der Waals surface area contributed by atoms with Crippen LogP contribution in [0, 0.1) is 15.9 Å². The summed E-state index contributed by atoms with van der Waals surface area (Å²) in [5, 5.41) is 15.6. The van der Waals surface area contributed by atoms with Crippen molar-refractivity contribution in [2.45, 2.75) is 24.8 Å². The lowest BCUT2D eigenvalue weighted by molar-refractivity contribution is -0.384. The molecule has 1 aliphatic heterocycles. The van der Waals surface area contributed by atoms with Gasteiger partial charge in [0.05, 0.1) is 22.3 Å². The SMILES string of the molecule is O=C1C[C@@H](c2ccc(F)cc2)CC2=C1[C@H](c1cccc([N+](=O)[O-])c1)N(C(=O)c1ccc(Cl)cc1)c1ccccc1N2. The van der Waals surface area contributed by atoms with E-state index in [9.17, 15) is 24.1 Å². The van der Waals surface area contributed by atoms with Crippen molar-refractivity contribution in [2.75, 3.05) is 10.2 Å². The molecule has 1 aliphatic carbocycles. The lowest BCUT2D eigenvalue weighted by atomic mass is 9.78. The van der Waals surface area contributed by atoms with E-state index in [-0.39, 0.29) is 29.6 Å². The Morgan fingerprint density at radius 1 is 0.927 bits per heavy atom. The molecule has 0 saturated carbocycles. The minimum Gasteiger partial charge on any atom is -0.357 e. The fourth-order valence-electron chi connectivity index (χ4n) is 5.64. The second kappa shape index (κ2) is 10.6. The Labute approximate surface area is 240 Å². The molecule has 1 N–H and O–H groups in total. The van der Waals surface area contributed by atoms with Gasteiger partial charge in [0.25, 0.3) is 11.6 Å². The average molecular weight is 568 g/mol. The number of carbonyl (C=O) groups excluding carboxylic acids is 2. The van der Waals surface area contributed by atoms with Crippen LogP contribution in [0.1, 0.15) is 46.3 Å². The zero-order chi connectivity index (χ0) is 28.7. The quantitative estimate of drug-likeness (QED) is 0.202. The fraction of sp³-hybridized carbons (Fsp3) is 0.125. The van der Waals surface area contributed by atoms with Gasteiger partial charge in [0.1, 0.15) is 5.82 Å². The predicted octanol–water partition coefficient (Wildman–Crippen LogP) is 7.60. The van der Waals surface area contributed by atoms with Crippen LogP contribution < -0.4 is 10.2 Å². The number of non-ortho nitro benzene ring substituents is 1. The van der Waals surface area contributed by atoms with Crippen LogP contribution in [-0.2, 0) is 4.79 Å². The summed E-state index contributed by atoms with van der Waals surface area (Å²) in [5.41, 5.74) is 3.56. The molecule has 9 heteroatoms. The van der Waals surface area contributed by atoms with Crippen LogP contribution in [0.4, 0.5) is 21.5 Å². The summed E-state index contributed by atoms with van der Waals surface area (Å²) < 4.78 is 13.6. The molecule has 0 fully saturated rings. The number of nitro groups is 1. The van der Waals surface area contributed by atoms with Crippen molar-refractivity contribution in [3.8, 4) is 0 Å². The number of nitrogens with one attached hydrogen (secondary N) is 1. The predicted molar refractivity (Wildman–Crippen MR) is 155 cm³/mol. The van der Waals surface area contributed by atoms with Crippen molar-refractivity contribution >= 4 is 40.4 Å². The first-order valence-corrected chi connectivity index (χ1v) is 13.4. The number of amides is 1. The standard InChI is InChI=1S/C32H23ClFN3O4/c33-23-12-8-20(9-13-23)32(39)36-28-7-2-1-6-26(28)35-27-17-22(19-10-14-24(34)15-11-19)18-29(38)30(27)31(36)21-4-3-5-25(16-21)37(40)41/h1-16,22,31,35H,17-18H2/t22-,31-/m0/s1. The lowest BCUT2D eigenvalue weighted by Gasteiger charge is -2.35. The number of allylic oxidation sites excluding steroid dienone is 1. The van der Waals surface area contributed by atoms with Gasteiger partial charge in [0.2, 0.25) is 0 Å². The number of anilines is 2. The van der Waals surface area contributed by atoms with Crippen LogP contribution in [0.5, 0.6) is 0 Å². The molecule has 0 spiro atoms. The number of benzene rings is 4. The zero-order valence-corrected chi connectivity index (χ0v) is 22.3. The van der Waals surface area contributed by atoms with Crippen LogP contribution in [-0.4, -0.2) is 16.6 Å². The summed E-state index contributed by atoms with van der Waals surface area (Å²) >= 11 is 6.09. The van der Waals surface area contributed by atoms with Crippen molar-refractivity contribution in [2.24, 2.45) is 0 Å². The molecule has 0 radical (unpaired) electrons. The number of fused-ring (bicyclic) bond motifs is 1. The molecule has 6 rings (SSSR count). The highest BCUT2D eigenvalue weighted by atomic mass is 35.5. The summed E-state index contributed by atoms with van der Waals surface area (Å²) in [6.07, 6.45) is 0.562. The molecule has 0 aromatic heterocycles. The molecule has 0 unspecified atom stereocenters. The summed E-state index contributed by atoms with van der Waals surface area (Å²) in [5.74, 6) is -1.17.